The maximum absolute atomic E-state index is 9.15. The van der Waals surface area contributed by atoms with E-state index in [1.807, 2.05) is 13.8 Å². The number of aliphatic hydroxyl groups excluding tert-OH is 2. The zero-order chi connectivity index (χ0) is 8.20. The van der Waals surface area contributed by atoms with Crippen LogP contribution in [0.5, 0.6) is 0 Å². The zero-order valence-electron chi connectivity index (χ0n) is 6.42. The van der Waals surface area contributed by atoms with Gasteiger partial charge < -0.3 is 0 Å². The summed E-state index contributed by atoms with van der Waals surface area (Å²) in [5, 5.41) is 17.7. The normalized spacial score (nSPS) is 11.5. The van der Waals surface area contributed by atoms with E-state index in [4.69, 9.17) is 10.2 Å². The predicted octanol–water partition coefficient (Wildman–Crippen LogP) is 0.456. The first-order valence-corrected chi connectivity index (χ1v) is 4.51. The topological polar surface area (TPSA) is 40.5 Å². The maximum atomic E-state index is 9.15. The van der Waals surface area contributed by atoms with Gasteiger partial charge in [0.1, 0.15) is 0 Å². The van der Waals surface area contributed by atoms with Gasteiger partial charge in [-0.1, -0.05) is 0 Å². The molecule has 0 heterocycles. The second kappa shape index (κ2) is 4.33. The molecule has 2 nitrogen and oxygen atoms in total. The van der Waals surface area contributed by atoms with Crippen LogP contribution in [0.3, 0.4) is 0 Å². The molecule has 0 bridgehead atoms. The average Bonchev–Trinajstić information content (AvgIpc) is 1.84. The molecule has 0 radical (unpaired) electrons. The molecule has 10 heavy (non-hydrogen) atoms. The van der Waals surface area contributed by atoms with Crippen molar-refractivity contribution < 1.29 is 10.2 Å². The fourth-order valence-electron chi connectivity index (χ4n) is 0.628. The Kier molecular flexibility index (Phi) is 4.51. The molecule has 60 valence electrons. The zero-order valence-corrected chi connectivity index (χ0v) is 8.75. The Morgan fingerprint density at radius 2 is 2.00 bits per heavy atom. The molecule has 3 heteroatoms. The Morgan fingerprint density at radius 3 is 2.30 bits per heavy atom. The monoisotopic (exact) mass is 260 g/mol. The van der Waals surface area contributed by atoms with Gasteiger partial charge in [-0.15, -0.1) is 0 Å². The summed E-state index contributed by atoms with van der Waals surface area (Å²) in [7, 11) is 0. The van der Waals surface area contributed by atoms with Crippen LogP contribution in [0.4, 0.5) is 0 Å². The molecule has 0 unspecified atom stereocenters. The predicted molar refractivity (Wildman–Crippen MR) is 42.8 cm³/mol. The summed E-state index contributed by atoms with van der Waals surface area (Å²) in [6, 6.07) is 0. The Balaban J connectivity index is 3.75. The molecule has 0 saturated carbocycles. The fourth-order valence-corrected chi connectivity index (χ4v) is 0.919. The van der Waals surface area contributed by atoms with Gasteiger partial charge in [0.15, 0.2) is 0 Å². The minimum absolute atomic E-state index is 0.132. The quantitative estimate of drug-likeness (QED) is 0.719. The van der Waals surface area contributed by atoms with Gasteiger partial charge in [0.2, 0.25) is 0 Å². The van der Waals surface area contributed by atoms with E-state index in [0.717, 1.165) is 12.8 Å². The number of hydrogen-bond donors (Lipinski definition) is 2. The van der Waals surface area contributed by atoms with Gasteiger partial charge in [-0.3, -0.25) is 0 Å². The first-order chi connectivity index (χ1) is 4.50. The van der Waals surface area contributed by atoms with Crippen molar-refractivity contribution in [1.82, 2.24) is 0 Å². The van der Waals surface area contributed by atoms with E-state index in [1.54, 1.807) is 21.8 Å². The van der Waals surface area contributed by atoms with Gasteiger partial charge in [-0.25, -0.2) is 0 Å². The van der Waals surface area contributed by atoms with Crippen LogP contribution in [-0.4, -0.2) is 42.4 Å². The Labute approximate surface area is 74.7 Å². The molecule has 0 spiro atoms. The molecule has 0 rings (SSSR count). The molecule has 0 aromatic carbocycles. The van der Waals surface area contributed by atoms with E-state index in [9.17, 15) is 0 Å². The first-order valence-electron chi connectivity index (χ1n) is 3.35. The molecular formula is C7H14O2Te. The number of aliphatic hydroxyl groups is 2. The van der Waals surface area contributed by atoms with Crippen molar-refractivity contribution in [1.29, 1.82) is 0 Å². The molecule has 0 fully saturated rings. The molecule has 0 aliphatic carbocycles. The van der Waals surface area contributed by atoms with Crippen LogP contribution in [0.1, 0.15) is 26.7 Å². The van der Waals surface area contributed by atoms with Crippen molar-refractivity contribution in [2.45, 2.75) is 26.7 Å². The van der Waals surface area contributed by atoms with Crippen LogP contribution < -0.4 is 0 Å². The van der Waals surface area contributed by atoms with Gasteiger partial charge in [0.25, 0.3) is 0 Å². The van der Waals surface area contributed by atoms with Crippen LogP contribution in [0.25, 0.3) is 0 Å². The average molecular weight is 258 g/mol. The van der Waals surface area contributed by atoms with Gasteiger partial charge in [-0.05, 0) is 0 Å². The molecule has 0 atom stereocenters. The van der Waals surface area contributed by atoms with E-state index < -0.39 is 0 Å². The molecule has 0 aliphatic rings. The van der Waals surface area contributed by atoms with Crippen LogP contribution in [0.2, 0.25) is 0 Å². The van der Waals surface area contributed by atoms with E-state index in [1.165, 1.54) is 0 Å². The number of hydrogen-bond acceptors (Lipinski definition) is 2. The summed E-state index contributed by atoms with van der Waals surface area (Å²) in [5.41, 5.74) is -0.132. The van der Waals surface area contributed by atoms with Crippen molar-refractivity contribution in [3.63, 3.8) is 0 Å². The SMILES string of the molecule is CC(C)(CCCO)C(O)=[Te]. The molecule has 0 aromatic heterocycles. The van der Waals surface area contributed by atoms with Gasteiger partial charge in [0.05, 0.1) is 0 Å². The van der Waals surface area contributed by atoms with E-state index in [0.29, 0.717) is 3.74 Å². The molecule has 0 aliphatic heterocycles. The van der Waals surface area contributed by atoms with Crippen molar-refractivity contribution >= 4 is 25.6 Å². The molecule has 0 saturated heterocycles. The number of rotatable bonds is 4. The fraction of sp³-hybridized carbons (Fsp3) is 0.857. The summed E-state index contributed by atoms with van der Waals surface area (Å²) in [6.07, 6.45) is 1.60. The van der Waals surface area contributed by atoms with Crippen LogP contribution >= 0.6 is 0 Å². The molecule has 0 amide bonds. The Bertz CT molecular complexity index is 121. The molecule has 0 aromatic rings. The van der Waals surface area contributed by atoms with Crippen LogP contribution in [0, 0.1) is 5.41 Å². The summed E-state index contributed by atoms with van der Waals surface area (Å²) in [4.78, 5) is 0. The van der Waals surface area contributed by atoms with E-state index in [-0.39, 0.29) is 12.0 Å². The van der Waals surface area contributed by atoms with Crippen molar-refractivity contribution in [2.24, 2.45) is 5.41 Å². The summed E-state index contributed by atoms with van der Waals surface area (Å²) in [5.74, 6) is 0. The van der Waals surface area contributed by atoms with Crippen molar-refractivity contribution in [3.8, 4) is 0 Å². The Hall–Kier alpha value is 0.420. The van der Waals surface area contributed by atoms with Gasteiger partial charge in [0, 0.05) is 0 Å². The van der Waals surface area contributed by atoms with Crippen molar-refractivity contribution in [3.05, 3.63) is 0 Å². The second-order valence-electron chi connectivity index (χ2n) is 3.02. The first kappa shape index (κ1) is 10.4. The summed E-state index contributed by atoms with van der Waals surface area (Å²) < 4.78 is 0.455. The summed E-state index contributed by atoms with van der Waals surface area (Å²) in [6.45, 7) is 4.15. The summed E-state index contributed by atoms with van der Waals surface area (Å²) >= 11 is 1.64. The van der Waals surface area contributed by atoms with Gasteiger partial charge >= 0.3 is 74.5 Å². The second-order valence-corrected chi connectivity index (χ2v) is 4.12. The third-order valence-electron chi connectivity index (χ3n) is 1.54. The van der Waals surface area contributed by atoms with Gasteiger partial charge in [-0.2, -0.15) is 0 Å². The van der Waals surface area contributed by atoms with Crippen molar-refractivity contribution in [2.75, 3.05) is 6.61 Å². The molecule has 2 N–H and O–H groups in total. The Morgan fingerprint density at radius 1 is 1.50 bits per heavy atom. The van der Waals surface area contributed by atoms with Crippen LogP contribution in [0.15, 0.2) is 0 Å². The van der Waals surface area contributed by atoms with Crippen LogP contribution in [-0.2, 0) is 0 Å². The third kappa shape index (κ3) is 3.55. The minimum atomic E-state index is -0.132. The van der Waals surface area contributed by atoms with E-state index in [2.05, 4.69) is 0 Å². The third-order valence-corrected chi connectivity index (χ3v) is 3.12. The van der Waals surface area contributed by atoms with E-state index >= 15 is 0 Å². The standard InChI is InChI=1S/C7H14O2Te/c1-7(2,6(9)10)4-3-5-8/h8H,3-5H2,1-2H3,(H,9,10). The molecular weight excluding hydrogens is 244 g/mol.